The topological polar surface area (TPSA) is 123 Å². The quantitative estimate of drug-likeness (QED) is 0.485. The molecule has 0 radical (unpaired) electrons. The predicted octanol–water partition coefficient (Wildman–Crippen LogP) is 0.803. The summed E-state index contributed by atoms with van der Waals surface area (Å²) >= 11 is 0. The number of hydrogen-bond acceptors (Lipinski definition) is 8. The van der Waals surface area contributed by atoms with E-state index in [2.05, 4.69) is 20.4 Å². The molecule has 0 aliphatic carbocycles. The Balaban J connectivity index is 1.94. The van der Waals surface area contributed by atoms with Crippen LogP contribution in [0, 0.1) is 10.1 Å². The van der Waals surface area contributed by atoms with Crippen LogP contribution in [-0.2, 0) is 0 Å². The number of nitrogen functional groups attached to an aromatic ring is 1. The number of aromatic nitrogens is 2. The third kappa shape index (κ3) is 2.51. The minimum atomic E-state index is -0.533. The van der Waals surface area contributed by atoms with Crippen LogP contribution in [0.3, 0.4) is 0 Å². The number of piperazine rings is 1. The molecule has 1 unspecified atom stereocenters. The van der Waals surface area contributed by atoms with E-state index in [0.29, 0.717) is 11.4 Å². The number of benzene rings is 1. The maximum atomic E-state index is 10.9. The summed E-state index contributed by atoms with van der Waals surface area (Å²) in [4.78, 5) is 16.9. The van der Waals surface area contributed by atoms with Crippen LogP contribution in [0.15, 0.2) is 22.7 Å². The molecule has 1 aromatic carbocycles. The minimum absolute atomic E-state index is 0.00572. The van der Waals surface area contributed by atoms with Crippen molar-refractivity contribution in [1.29, 1.82) is 0 Å². The Hall–Kier alpha value is -2.52. The second kappa shape index (κ2) is 5.70. The van der Waals surface area contributed by atoms with Crippen molar-refractivity contribution in [2.45, 2.75) is 6.04 Å². The Bertz CT molecular complexity index is 701. The molecule has 0 spiro atoms. The molecule has 1 atom stereocenters. The summed E-state index contributed by atoms with van der Waals surface area (Å²) in [7, 11) is 1.99. The first kappa shape index (κ1) is 14.4. The first-order valence-electron chi connectivity index (χ1n) is 6.85. The molecule has 1 aromatic heterocycles. The summed E-state index contributed by atoms with van der Waals surface area (Å²) in [5.74, 6) is 0.728. The molecule has 3 N–H and O–H groups in total. The number of nitro groups is 1. The van der Waals surface area contributed by atoms with Crippen molar-refractivity contribution in [3.63, 3.8) is 0 Å². The molecule has 2 aromatic rings. The first-order valence-corrected chi connectivity index (χ1v) is 6.85. The SMILES string of the molecule is CN1CCNCC1c1noc(-c2cccc([N+](=O)[O-])c2N)n1. The van der Waals surface area contributed by atoms with Gasteiger partial charge in [0.15, 0.2) is 5.82 Å². The number of nitrogens with one attached hydrogen (secondary N) is 1. The van der Waals surface area contributed by atoms with Crippen LogP contribution in [0.2, 0.25) is 0 Å². The van der Waals surface area contributed by atoms with Crippen LogP contribution in [-0.4, -0.2) is 46.6 Å². The van der Waals surface area contributed by atoms with E-state index in [4.69, 9.17) is 10.3 Å². The Morgan fingerprint density at radius 3 is 3.09 bits per heavy atom. The summed E-state index contributed by atoms with van der Waals surface area (Å²) in [6.07, 6.45) is 0. The van der Waals surface area contributed by atoms with Crippen molar-refractivity contribution in [1.82, 2.24) is 20.4 Å². The standard InChI is InChI=1S/C13H16N6O3/c1-18-6-5-15-7-10(18)12-16-13(22-17-12)8-3-2-4-9(11(8)14)19(20)21/h2-4,10,15H,5-7,14H2,1H3. The predicted molar refractivity (Wildman–Crippen MR) is 79.0 cm³/mol. The zero-order valence-electron chi connectivity index (χ0n) is 12.0. The Kier molecular flexibility index (Phi) is 3.73. The number of hydrogen-bond donors (Lipinski definition) is 2. The van der Waals surface area contributed by atoms with Gasteiger partial charge in [0.25, 0.3) is 11.6 Å². The van der Waals surface area contributed by atoms with E-state index in [-0.39, 0.29) is 23.3 Å². The summed E-state index contributed by atoms with van der Waals surface area (Å²) in [5, 5.41) is 18.2. The zero-order valence-corrected chi connectivity index (χ0v) is 12.0. The average Bonchev–Trinajstić information content (AvgIpc) is 2.97. The number of anilines is 1. The Morgan fingerprint density at radius 1 is 1.55 bits per heavy atom. The Labute approximate surface area is 126 Å². The van der Waals surface area contributed by atoms with Crippen molar-refractivity contribution in [2.24, 2.45) is 0 Å². The van der Waals surface area contributed by atoms with Gasteiger partial charge >= 0.3 is 0 Å². The molecule has 0 saturated carbocycles. The van der Waals surface area contributed by atoms with Gasteiger partial charge in [0, 0.05) is 25.7 Å². The van der Waals surface area contributed by atoms with Gasteiger partial charge in [-0.3, -0.25) is 15.0 Å². The Morgan fingerprint density at radius 2 is 2.36 bits per heavy atom. The van der Waals surface area contributed by atoms with Crippen molar-refractivity contribution in [3.05, 3.63) is 34.1 Å². The molecule has 1 aliphatic rings. The fourth-order valence-electron chi connectivity index (χ4n) is 2.47. The largest absolute Gasteiger partial charge is 0.393 e. The number of nitrogens with zero attached hydrogens (tertiary/aromatic N) is 4. The highest BCUT2D eigenvalue weighted by molar-refractivity contribution is 5.78. The van der Waals surface area contributed by atoms with E-state index >= 15 is 0 Å². The van der Waals surface area contributed by atoms with Crippen LogP contribution in [0.4, 0.5) is 11.4 Å². The van der Waals surface area contributed by atoms with Crippen molar-refractivity contribution in [3.8, 4) is 11.5 Å². The second-order valence-corrected chi connectivity index (χ2v) is 5.15. The highest BCUT2D eigenvalue weighted by atomic mass is 16.6. The van der Waals surface area contributed by atoms with Crippen LogP contribution >= 0.6 is 0 Å². The van der Waals surface area contributed by atoms with Crippen LogP contribution in [0.1, 0.15) is 11.9 Å². The lowest BCUT2D eigenvalue weighted by Gasteiger charge is -2.30. The number of nitro benzene ring substituents is 1. The summed E-state index contributed by atoms with van der Waals surface area (Å²) in [5.41, 5.74) is 6.07. The maximum absolute atomic E-state index is 10.9. The molecule has 1 fully saturated rings. The van der Waals surface area contributed by atoms with Gasteiger partial charge in [0.2, 0.25) is 0 Å². The van der Waals surface area contributed by atoms with E-state index in [1.54, 1.807) is 12.1 Å². The minimum Gasteiger partial charge on any atom is -0.393 e. The summed E-state index contributed by atoms with van der Waals surface area (Å²) in [6.45, 7) is 2.52. The normalized spacial score (nSPS) is 19.2. The number of para-hydroxylation sites is 1. The lowest BCUT2D eigenvalue weighted by molar-refractivity contribution is -0.383. The molecule has 1 saturated heterocycles. The molecular weight excluding hydrogens is 288 g/mol. The summed E-state index contributed by atoms with van der Waals surface area (Å²) in [6, 6.07) is 4.52. The van der Waals surface area contributed by atoms with Gasteiger partial charge < -0.3 is 15.6 Å². The monoisotopic (exact) mass is 304 g/mol. The number of rotatable bonds is 3. The number of nitrogens with two attached hydrogens (primary N) is 1. The molecule has 1 aliphatic heterocycles. The van der Waals surface area contributed by atoms with Crippen LogP contribution in [0.25, 0.3) is 11.5 Å². The first-order chi connectivity index (χ1) is 10.6. The third-order valence-corrected chi connectivity index (χ3v) is 3.76. The third-order valence-electron chi connectivity index (χ3n) is 3.76. The molecule has 0 amide bonds. The second-order valence-electron chi connectivity index (χ2n) is 5.15. The van der Waals surface area contributed by atoms with Crippen molar-refractivity contribution >= 4 is 11.4 Å². The van der Waals surface area contributed by atoms with Crippen LogP contribution in [0.5, 0.6) is 0 Å². The highest BCUT2D eigenvalue weighted by Gasteiger charge is 2.26. The van der Waals surface area contributed by atoms with E-state index in [1.807, 2.05) is 7.05 Å². The molecule has 9 nitrogen and oxygen atoms in total. The molecule has 3 rings (SSSR count). The molecule has 9 heteroatoms. The van der Waals surface area contributed by atoms with E-state index in [1.165, 1.54) is 6.07 Å². The van der Waals surface area contributed by atoms with E-state index in [0.717, 1.165) is 19.6 Å². The molecule has 22 heavy (non-hydrogen) atoms. The molecule has 2 heterocycles. The average molecular weight is 304 g/mol. The molecule has 0 bridgehead atoms. The maximum Gasteiger partial charge on any atom is 0.292 e. The summed E-state index contributed by atoms with van der Waals surface area (Å²) < 4.78 is 5.25. The highest BCUT2D eigenvalue weighted by Crippen LogP contribution is 2.32. The van der Waals surface area contributed by atoms with Gasteiger partial charge in [0.1, 0.15) is 5.69 Å². The van der Waals surface area contributed by atoms with Gasteiger partial charge in [0.05, 0.1) is 16.5 Å². The fraction of sp³-hybridized carbons (Fsp3) is 0.385. The van der Waals surface area contributed by atoms with Crippen molar-refractivity contribution in [2.75, 3.05) is 32.4 Å². The zero-order chi connectivity index (χ0) is 15.7. The van der Waals surface area contributed by atoms with Gasteiger partial charge in [-0.05, 0) is 13.1 Å². The number of likely N-dealkylation sites (N-methyl/N-ethyl adjacent to an activating group) is 1. The van der Waals surface area contributed by atoms with E-state index in [9.17, 15) is 10.1 Å². The lowest BCUT2D eigenvalue weighted by atomic mass is 10.1. The van der Waals surface area contributed by atoms with Crippen molar-refractivity contribution < 1.29 is 9.45 Å². The lowest BCUT2D eigenvalue weighted by Crippen LogP contribution is -2.44. The smallest absolute Gasteiger partial charge is 0.292 e. The van der Waals surface area contributed by atoms with E-state index < -0.39 is 4.92 Å². The van der Waals surface area contributed by atoms with Crippen LogP contribution < -0.4 is 11.1 Å². The van der Waals surface area contributed by atoms with Gasteiger partial charge in [-0.1, -0.05) is 11.2 Å². The van der Waals surface area contributed by atoms with Gasteiger partial charge in [-0.15, -0.1) is 0 Å². The molecule has 116 valence electrons. The van der Waals surface area contributed by atoms with Gasteiger partial charge in [-0.2, -0.15) is 4.98 Å². The fourth-order valence-corrected chi connectivity index (χ4v) is 2.47. The molecular formula is C13H16N6O3. The van der Waals surface area contributed by atoms with Gasteiger partial charge in [-0.25, -0.2) is 0 Å².